The largest absolute Gasteiger partial charge is 0.299 e. The molecular weight excluding hydrogens is 266 g/mol. The van der Waals surface area contributed by atoms with Gasteiger partial charge in [-0.05, 0) is 38.0 Å². The van der Waals surface area contributed by atoms with Crippen molar-refractivity contribution in [2.75, 3.05) is 6.54 Å². The maximum Gasteiger partial charge on any atom is 0.253 e. The molecule has 2 aliphatic rings. The molecule has 0 aromatic heterocycles. The van der Waals surface area contributed by atoms with Crippen LogP contribution in [0.4, 0.5) is 0 Å². The first-order valence-corrected chi connectivity index (χ1v) is 7.93. The third-order valence-electron chi connectivity index (χ3n) is 5.11. The number of ketones is 1. The highest BCUT2D eigenvalue weighted by atomic mass is 16.2. The zero-order chi connectivity index (χ0) is 15.6. The Balaban J connectivity index is 1.85. The van der Waals surface area contributed by atoms with Crippen LogP contribution in [-0.2, 0) is 14.4 Å². The highest BCUT2D eigenvalue weighted by molar-refractivity contribution is 6.12. The lowest BCUT2D eigenvalue weighted by Crippen LogP contribution is -2.38. The minimum Gasteiger partial charge on any atom is -0.299 e. The maximum atomic E-state index is 12.5. The second-order valence-electron chi connectivity index (χ2n) is 6.94. The third-order valence-corrected chi connectivity index (χ3v) is 5.11. The van der Waals surface area contributed by atoms with Gasteiger partial charge in [-0.2, -0.15) is 0 Å². The number of rotatable bonds is 5. The van der Waals surface area contributed by atoms with Gasteiger partial charge in [0.2, 0.25) is 0 Å². The quantitative estimate of drug-likeness (QED) is 0.732. The summed E-state index contributed by atoms with van der Waals surface area (Å²) in [5.74, 6) is 0.458. The molecule has 0 N–H and O–H groups in total. The van der Waals surface area contributed by atoms with Crippen LogP contribution in [-0.4, -0.2) is 29.0 Å². The van der Waals surface area contributed by atoms with Gasteiger partial charge in [0.1, 0.15) is 5.78 Å². The van der Waals surface area contributed by atoms with Crippen molar-refractivity contribution < 1.29 is 14.4 Å². The molecule has 1 saturated carbocycles. The number of hydrogen-bond acceptors (Lipinski definition) is 3. The SMILES string of the molecule is CCC(C)(C)C(=O)C1CCC(CN2C(=O)C=CC2=O)CC1. The monoisotopic (exact) mass is 291 g/mol. The summed E-state index contributed by atoms with van der Waals surface area (Å²) >= 11 is 0. The van der Waals surface area contributed by atoms with Crippen LogP contribution in [0, 0.1) is 17.3 Å². The molecule has 0 atom stereocenters. The molecule has 0 bridgehead atoms. The fourth-order valence-corrected chi connectivity index (χ4v) is 3.20. The molecule has 1 aliphatic heterocycles. The molecule has 0 saturated heterocycles. The average Bonchev–Trinajstić information content (AvgIpc) is 2.79. The van der Waals surface area contributed by atoms with E-state index < -0.39 is 0 Å². The molecule has 4 heteroatoms. The van der Waals surface area contributed by atoms with Crippen molar-refractivity contribution in [1.29, 1.82) is 0 Å². The van der Waals surface area contributed by atoms with Gasteiger partial charge in [0.05, 0.1) is 0 Å². The molecule has 21 heavy (non-hydrogen) atoms. The summed E-state index contributed by atoms with van der Waals surface area (Å²) in [6.45, 7) is 6.60. The summed E-state index contributed by atoms with van der Waals surface area (Å²) in [6.07, 6.45) is 7.16. The van der Waals surface area contributed by atoms with Gasteiger partial charge >= 0.3 is 0 Å². The second-order valence-corrected chi connectivity index (χ2v) is 6.94. The standard InChI is InChI=1S/C17H25NO3/c1-4-17(2,3)16(21)13-7-5-12(6-8-13)11-18-14(19)9-10-15(18)20/h9-10,12-13H,4-8,11H2,1-3H3. The summed E-state index contributed by atoms with van der Waals surface area (Å²) in [5, 5.41) is 0. The van der Waals surface area contributed by atoms with Gasteiger partial charge in [0.25, 0.3) is 11.8 Å². The van der Waals surface area contributed by atoms with Crippen LogP contribution in [0.1, 0.15) is 52.9 Å². The van der Waals surface area contributed by atoms with E-state index in [1.165, 1.54) is 17.1 Å². The Kier molecular flexibility index (Phi) is 4.64. The maximum absolute atomic E-state index is 12.5. The molecule has 2 amide bonds. The van der Waals surface area contributed by atoms with E-state index in [1.54, 1.807) is 0 Å². The van der Waals surface area contributed by atoms with Gasteiger partial charge in [-0.25, -0.2) is 0 Å². The minimum atomic E-state index is -0.234. The van der Waals surface area contributed by atoms with Crippen LogP contribution < -0.4 is 0 Å². The van der Waals surface area contributed by atoms with Crippen molar-refractivity contribution in [3.63, 3.8) is 0 Å². The Morgan fingerprint density at radius 1 is 1.14 bits per heavy atom. The highest BCUT2D eigenvalue weighted by Gasteiger charge is 2.35. The predicted octanol–water partition coefficient (Wildman–Crippen LogP) is 2.72. The Morgan fingerprint density at radius 3 is 2.14 bits per heavy atom. The van der Waals surface area contributed by atoms with Crippen molar-refractivity contribution in [2.45, 2.75) is 52.9 Å². The van der Waals surface area contributed by atoms with Crippen LogP contribution in [0.2, 0.25) is 0 Å². The molecule has 0 aromatic rings. The van der Waals surface area contributed by atoms with Crippen LogP contribution in [0.3, 0.4) is 0 Å². The number of carbonyl (C=O) groups excluding carboxylic acids is 3. The van der Waals surface area contributed by atoms with E-state index in [-0.39, 0.29) is 23.1 Å². The number of carbonyl (C=O) groups is 3. The highest BCUT2D eigenvalue weighted by Crippen LogP contribution is 2.36. The van der Waals surface area contributed by atoms with Gasteiger partial charge in [0.15, 0.2) is 0 Å². The molecule has 1 fully saturated rings. The van der Waals surface area contributed by atoms with E-state index in [2.05, 4.69) is 6.92 Å². The molecule has 2 rings (SSSR count). The molecule has 0 aromatic carbocycles. The van der Waals surface area contributed by atoms with E-state index in [9.17, 15) is 14.4 Å². The number of nitrogens with zero attached hydrogens (tertiary/aromatic N) is 1. The Hall–Kier alpha value is -1.45. The average molecular weight is 291 g/mol. The summed E-state index contributed by atoms with van der Waals surface area (Å²) in [7, 11) is 0. The number of hydrogen-bond donors (Lipinski definition) is 0. The summed E-state index contributed by atoms with van der Waals surface area (Å²) < 4.78 is 0. The zero-order valence-electron chi connectivity index (χ0n) is 13.2. The van der Waals surface area contributed by atoms with Gasteiger partial charge in [-0.1, -0.05) is 20.8 Å². The molecule has 0 radical (unpaired) electrons. The van der Waals surface area contributed by atoms with Crippen molar-refractivity contribution >= 4 is 17.6 Å². The lowest BCUT2D eigenvalue weighted by molar-refractivity contribution is -0.138. The number of amides is 2. The Labute approximate surface area is 126 Å². The molecule has 1 aliphatic carbocycles. The van der Waals surface area contributed by atoms with E-state index in [0.717, 1.165) is 32.1 Å². The van der Waals surface area contributed by atoms with Crippen LogP contribution >= 0.6 is 0 Å². The Bertz CT molecular complexity index is 452. The van der Waals surface area contributed by atoms with E-state index in [0.29, 0.717) is 18.2 Å². The molecular formula is C17H25NO3. The first kappa shape index (κ1) is 15.9. The molecule has 4 nitrogen and oxygen atoms in total. The first-order chi connectivity index (χ1) is 9.85. The molecule has 1 heterocycles. The van der Waals surface area contributed by atoms with Gasteiger partial charge in [-0.15, -0.1) is 0 Å². The van der Waals surface area contributed by atoms with E-state index >= 15 is 0 Å². The lowest BCUT2D eigenvalue weighted by Gasteiger charge is -2.33. The summed E-state index contributed by atoms with van der Waals surface area (Å²) in [6, 6.07) is 0. The summed E-state index contributed by atoms with van der Waals surface area (Å²) in [4.78, 5) is 36.9. The molecule has 0 unspecified atom stereocenters. The first-order valence-electron chi connectivity index (χ1n) is 7.93. The minimum absolute atomic E-state index is 0.152. The van der Waals surface area contributed by atoms with E-state index in [4.69, 9.17) is 0 Å². The summed E-state index contributed by atoms with van der Waals surface area (Å²) in [5.41, 5.74) is -0.234. The van der Waals surface area contributed by atoms with Crippen LogP contribution in [0.5, 0.6) is 0 Å². The van der Waals surface area contributed by atoms with Crippen molar-refractivity contribution in [2.24, 2.45) is 17.3 Å². The van der Waals surface area contributed by atoms with Crippen molar-refractivity contribution in [3.05, 3.63) is 12.2 Å². The predicted molar refractivity (Wildman–Crippen MR) is 80.4 cm³/mol. The fourth-order valence-electron chi connectivity index (χ4n) is 3.20. The smallest absolute Gasteiger partial charge is 0.253 e. The van der Waals surface area contributed by atoms with Gasteiger partial charge < -0.3 is 0 Å². The lowest BCUT2D eigenvalue weighted by atomic mass is 9.72. The molecule has 0 spiro atoms. The third kappa shape index (κ3) is 3.42. The van der Waals surface area contributed by atoms with E-state index in [1.807, 2.05) is 13.8 Å². The van der Waals surface area contributed by atoms with Gasteiger partial charge in [-0.3, -0.25) is 19.3 Å². The topological polar surface area (TPSA) is 54.5 Å². The normalized spacial score (nSPS) is 26.5. The van der Waals surface area contributed by atoms with Crippen molar-refractivity contribution in [3.8, 4) is 0 Å². The van der Waals surface area contributed by atoms with Crippen LogP contribution in [0.25, 0.3) is 0 Å². The Morgan fingerprint density at radius 2 is 1.67 bits per heavy atom. The zero-order valence-corrected chi connectivity index (χ0v) is 13.2. The second kappa shape index (κ2) is 6.12. The van der Waals surface area contributed by atoms with Crippen LogP contribution in [0.15, 0.2) is 12.2 Å². The van der Waals surface area contributed by atoms with Crippen molar-refractivity contribution in [1.82, 2.24) is 4.90 Å². The number of Topliss-reactive ketones (excluding diaryl/α,β-unsaturated/α-hetero) is 1. The van der Waals surface area contributed by atoms with Gasteiger partial charge in [0, 0.05) is 30.0 Å². The fraction of sp³-hybridized carbons (Fsp3) is 0.706. The number of imide groups is 1. The molecule has 116 valence electrons.